The second-order valence-electron chi connectivity index (χ2n) is 11.7. The van der Waals surface area contributed by atoms with E-state index < -0.39 is 5.30 Å². The van der Waals surface area contributed by atoms with Gasteiger partial charge in [-0.15, -0.1) is 0 Å². The Labute approximate surface area is 317 Å². The van der Waals surface area contributed by atoms with Crippen LogP contribution in [-0.4, -0.2) is 97.6 Å². The van der Waals surface area contributed by atoms with Gasteiger partial charge in [-0.1, -0.05) is 91.2 Å². The van der Waals surface area contributed by atoms with Crippen molar-refractivity contribution in [3.8, 4) is 0 Å². The minimum absolute atomic E-state index is 0.229. The number of rotatable bonds is 15. The van der Waals surface area contributed by atoms with Crippen molar-refractivity contribution in [2.24, 2.45) is 5.92 Å². The Morgan fingerprint density at radius 3 is 2.29 bits per heavy atom. The fourth-order valence-electron chi connectivity index (χ4n) is 5.27. The Balaban J connectivity index is -0.000000863. The molecule has 0 saturated carbocycles. The van der Waals surface area contributed by atoms with Gasteiger partial charge >= 0.3 is 5.30 Å². The molecule has 0 radical (unpaired) electrons. The third-order valence-electron chi connectivity index (χ3n) is 7.67. The second kappa shape index (κ2) is 38.7. The monoisotopic (exact) mass is 741 g/mol. The van der Waals surface area contributed by atoms with Crippen molar-refractivity contribution in [2.45, 2.75) is 126 Å². The average molecular weight is 741 g/mol. The number of methoxy groups -OCH3 is 1. The van der Waals surface area contributed by atoms with Crippen molar-refractivity contribution in [1.82, 2.24) is 9.80 Å². The smallest absolute Gasteiger partial charge is 0.364 e. The summed E-state index contributed by atoms with van der Waals surface area (Å²) in [6.07, 6.45) is 26.6. The molecule has 2 fully saturated rings. The molecule has 3 rings (SSSR count). The Morgan fingerprint density at radius 1 is 1.14 bits per heavy atom. The van der Waals surface area contributed by atoms with Gasteiger partial charge in [-0.3, -0.25) is 4.90 Å². The summed E-state index contributed by atoms with van der Waals surface area (Å²) in [6.45, 7) is 20.6. The number of allylic oxidation sites excluding steroid dienone is 7. The maximum atomic E-state index is 11.1. The van der Waals surface area contributed by atoms with Crippen LogP contribution in [0, 0.1) is 5.92 Å². The number of likely N-dealkylation sites (tertiary alicyclic amines) is 1. The van der Waals surface area contributed by atoms with Gasteiger partial charge < -0.3 is 34.1 Å². The average Bonchev–Trinajstić information content (AvgIpc) is 3.80. The molecule has 2 aliphatic heterocycles. The Kier molecular flexibility index (Phi) is 40.1. The number of thioether (sulfide) groups is 1. The lowest BCUT2D eigenvalue weighted by atomic mass is 9.95. The highest BCUT2D eigenvalue weighted by atomic mass is 32.2. The summed E-state index contributed by atoms with van der Waals surface area (Å²) in [5.74, 6) is 2.62. The molecule has 9 nitrogen and oxygen atoms in total. The van der Waals surface area contributed by atoms with Gasteiger partial charge in [-0.2, -0.15) is 0 Å². The van der Waals surface area contributed by atoms with Crippen LogP contribution in [0.2, 0.25) is 0 Å². The van der Waals surface area contributed by atoms with Gasteiger partial charge in [0.2, 0.25) is 12.6 Å². The zero-order chi connectivity index (χ0) is 39.3. The highest BCUT2D eigenvalue weighted by Gasteiger charge is 2.31. The molecular formula is C41H76N2O7S. The summed E-state index contributed by atoms with van der Waals surface area (Å²) in [6, 6.07) is 0.492. The van der Waals surface area contributed by atoms with Gasteiger partial charge in [0.05, 0.1) is 13.7 Å². The van der Waals surface area contributed by atoms with Crippen molar-refractivity contribution < 1.29 is 34.0 Å². The molecule has 2 N–H and O–H groups in total. The lowest BCUT2D eigenvalue weighted by Crippen LogP contribution is -2.31. The maximum Gasteiger partial charge on any atom is 0.364 e. The van der Waals surface area contributed by atoms with Crippen LogP contribution in [0.3, 0.4) is 0 Å². The first-order valence-electron chi connectivity index (χ1n) is 19.2. The fourth-order valence-corrected chi connectivity index (χ4v) is 5.27. The molecule has 298 valence electrons. The van der Waals surface area contributed by atoms with Crippen molar-refractivity contribution in [3.63, 3.8) is 0 Å². The van der Waals surface area contributed by atoms with Gasteiger partial charge in [-0.25, -0.2) is 4.79 Å². The van der Waals surface area contributed by atoms with E-state index in [-0.39, 0.29) is 6.79 Å². The van der Waals surface area contributed by atoms with Crippen LogP contribution in [0.4, 0.5) is 4.79 Å². The minimum atomic E-state index is -0.829. The maximum absolute atomic E-state index is 11.1. The van der Waals surface area contributed by atoms with Gasteiger partial charge in [0.25, 0.3) is 0 Å². The number of ether oxygens (including phenoxy) is 3. The van der Waals surface area contributed by atoms with Gasteiger partial charge in [0.1, 0.15) is 6.29 Å². The molecule has 0 aromatic rings. The van der Waals surface area contributed by atoms with E-state index in [1.54, 1.807) is 7.11 Å². The van der Waals surface area contributed by atoms with Gasteiger partial charge in [0, 0.05) is 25.7 Å². The molecule has 0 aromatic carbocycles. The number of hydrogen-bond acceptors (Lipinski definition) is 9. The predicted molar refractivity (Wildman–Crippen MR) is 218 cm³/mol. The van der Waals surface area contributed by atoms with Crippen LogP contribution in [0.5, 0.6) is 0 Å². The highest BCUT2D eigenvalue weighted by Crippen LogP contribution is 2.31. The Morgan fingerprint density at radius 2 is 1.78 bits per heavy atom. The summed E-state index contributed by atoms with van der Waals surface area (Å²) < 4.78 is 16.5. The molecule has 0 spiro atoms. The summed E-state index contributed by atoms with van der Waals surface area (Å²) in [4.78, 5) is 25.1. The first-order valence-corrected chi connectivity index (χ1v) is 20.4. The van der Waals surface area contributed by atoms with Crippen LogP contribution in [-0.2, 0) is 19.0 Å². The third kappa shape index (κ3) is 27.8. The molecule has 2 heterocycles. The van der Waals surface area contributed by atoms with Crippen LogP contribution < -0.4 is 0 Å². The van der Waals surface area contributed by atoms with E-state index in [4.69, 9.17) is 24.4 Å². The number of unbranched alkanes of at least 4 members (excludes halogenated alkanes) is 1. The molecule has 2 saturated heterocycles. The minimum Gasteiger partial charge on any atom is -0.493 e. The molecule has 1 aliphatic carbocycles. The lowest BCUT2D eigenvalue weighted by Gasteiger charge is -2.22. The quantitative estimate of drug-likeness (QED) is 0.124. The SMILES string of the molecule is C/C=C1/OCO/C1=C(/C=C/CC1CC(CCC2=CC=CCC2)N(CC=O)C1)OC.CC.CC.CCC.CCCCN(C)CCCO.CSC(=O)O. The van der Waals surface area contributed by atoms with Crippen LogP contribution in [0.1, 0.15) is 120 Å². The van der Waals surface area contributed by atoms with Crippen molar-refractivity contribution in [1.29, 1.82) is 0 Å². The number of aldehydes is 1. The fraction of sp³-hybridized carbons (Fsp3) is 0.707. The van der Waals surface area contributed by atoms with E-state index in [0.717, 1.165) is 82.0 Å². The van der Waals surface area contributed by atoms with Gasteiger partial charge in [0.15, 0.2) is 11.5 Å². The second-order valence-corrected chi connectivity index (χ2v) is 12.5. The van der Waals surface area contributed by atoms with E-state index in [9.17, 15) is 9.59 Å². The molecule has 51 heavy (non-hydrogen) atoms. The zero-order valence-corrected chi connectivity index (χ0v) is 35.1. The number of nitrogens with zero attached hydrogens (tertiary/aromatic N) is 2. The van der Waals surface area contributed by atoms with E-state index in [1.807, 2.05) is 46.8 Å². The number of carboxylic acid groups (broad SMARTS) is 1. The Bertz CT molecular complexity index is 987. The van der Waals surface area contributed by atoms with Crippen LogP contribution in [0.25, 0.3) is 0 Å². The largest absolute Gasteiger partial charge is 0.493 e. The molecule has 3 aliphatic rings. The Hall–Kier alpha value is -2.53. The standard InChI is InChI=1S/C24H33NO4.C8H19NO.C3H8.C2H4O2S.2C2H6/c1-3-22-24(29-18-28-22)23(27-2)11-7-10-20-16-21(25(17-20)14-15-26)13-12-19-8-5-4-6-9-19;1-3-4-6-9(2)7-5-8-10;1-3-2;1-5-2(3)4;2*1-2/h3-5,7-8,11,15,20-21H,6,9-10,12-14,16-18H2,1-2H3;10H,3-8H2,1-2H3;3H2,1-2H3;1H3,(H,3,4);2*1-2H3/b11-7+,22-3+,24-23-;;;;;. The summed E-state index contributed by atoms with van der Waals surface area (Å²) in [5.41, 5.74) is 1.54. The van der Waals surface area contributed by atoms with Crippen molar-refractivity contribution in [2.75, 3.05) is 60.0 Å². The van der Waals surface area contributed by atoms with E-state index in [1.165, 1.54) is 37.5 Å². The third-order valence-corrected chi connectivity index (χ3v) is 8.02. The van der Waals surface area contributed by atoms with Crippen LogP contribution >= 0.6 is 11.8 Å². The zero-order valence-electron chi connectivity index (χ0n) is 34.2. The first kappa shape index (κ1) is 52.8. The lowest BCUT2D eigenvalue weighted by molar-refractivity contribution is -0.109. The van der Waals surface area contributed by atoms with Crippen LogP contribution in [0.15, 0.2) is 59.3 Å². The van der Waals surface area contributed by atoms with E-state index >= 15 is 0 Å². The van der Waals surface area contributed by atoms with Crippen molar-refractivity contribution >= 4 is 23.3 Å². The normalized spacial score (nSPS) is 19.2. The number of aliphatic hydroxyl groups is 1. The van der Waals surface area contributed by atoms with E-state index in [0.29, 0.717) is 36.6 Å². The molecular weight excluding hydrogens is 665 g/mol. The molecule has 2 atom stereocenters. The number of carbonyl (C=O) groups excluding carboxylic acids is 1. The molecule has 0 bridgehead atoms. The molecule has 10 heteroatoms. The number of hydrogen-bond donors (Lipinski definition) is 2. The number of aliphatic hydroxyl groups excluding tert-OH is 1. The first-order chi connectivity index (χ1) is 24.7. The predicted octanol–water partition coefficient (Wildman–Crippen LogP) is 10.2. The van der Waals surface area contributed by atoms with Crippen molar-refractivity contribution in [3.05, 3.63) is 59.3 Å². The summed E-state index contributed by atoms with van der Waals surface area (Å²) in [7, 11) is 3.75. The molecule has 0 amide bonds. The summed E-state index contributed by atoms with van der Waals surface area (Å²) >= 11 is 0.796. The topological polar surface area (TPSA) is 109 Å². The highest BCUT2D eigenvalue weighted by molar-refractivity contribution is 8.12. The summed E-state index contributed by atoms with van der Waals surface area (Å²) in [5, 5.41) is 15.4. The number of carbonyl (C=O) groups is 2. The van der Waals surface area contributed by atoms with E-state index in [2.05, 4.69) is 61.9 Å². The molecule has 2 unspecified atom stereocenters. The van der Waals surface area contributed by atoms with Gasteiger partial charge in [-0.05, 0) is 108 Å². The molecule has 0 aromatic heterocycles.